The van der Waals surface area contributed by atoms with Crippen LogP contribution in [0.1, 0.15) is 33.3 Å². The van der Waals surface area contributed by atoms with Gasteiger partial charge in [0, 0.05) is 21.2 Å². The van der Waals surface area contributed by atoms with Crippen molar-refractivity contribution in [2.24, 2.45) is 0 Å². The second kappa shape index (κ2) is 9.01. The molecule has 0 saturated carbocycles. The summed E-state index contributed by atoms with van der Waals surface area (Å²) in [7, 11) is 0. The van der Waals surface area contributed by atoms with Crippen LogP contribution in [0.2, 0.25) is 0 Å². The average molecular weight is 208 g/mol. The second-order valence-corrected chi connectivity index (χ2v) is 2.93. The van der Waals surface area contributed by atoms with Gasteiger partial charge in [-0.05, 0) is 25.0 Å². The Kier molecular flexibility index (Phi) is 10.2. The third-order valence-corrected chi connectivity index (χ3v) is 2.16. The molecule has 0 fully saturated rings. The first-order valence-electron chi connectivity index (χ1n) is 4.97. The molecule has 0 amide bonds. The minimum Gasteiger partial charge on any atom is -0.339 e. The van der Waals surface area contributed by atoms with Gasteiger partial charge in [-0.15, -0.1) is 0 Å². The normalized spacial score (nSPS) is 8.29. The molecule has 0 bridgehead atoms. The van der Waals surface area contributed by atoms with Crippen LogP contribution in [-0.2, 0) is 13.0 Å². The molecule has 77 valence electrons. The molecule has 0 unspecified atom stereocenters. The molecule has 3 heteroatoms. The minimum absolute atomic E-state index is 0. The molecule has 1 aromatic rings. The summed E-state index contributed by atoms with van der Waals surface area (Å²) in [5.41, 5.74) is 1.35. The van der Waals surface area contributed by atoms with Crippen LogP contribution < -0.4 is 0 Å². The van der Waals surface area contributed by atoms with Crippen LogP contribution in [0, 0.1) is 4.64 Å². The summed E-state index contributed by atoms with van der Waals surface area (Å²) < 4.78 is 3.01. The van der Waals surface area contributed by atoms with E-state index in [1.807, 2.05) is 19.9 Å². The standard InChI is InChI=1S/C9H13NS.C2H6.B/c1-3-8-5-6-9(11)10(4-2)7-8;1-2;/h5-7H,3-4H2,1-2H3;1-2H3;. The summed E-state index contributed by atoms with van der Waals surface area (Å²) in [5, 5.41) is 0. The van der Waals surface area contributed by atoms with Crippen LogP contribution in [0.4, 0.5) is 0 Å². The Hall–Kier alpha value is -0.565. The smallest absolute Gasteiger partial charge is 0.105 e. The van der Waals surface area contributed by atoms with Crippen LogP contribution in [0.25, 0.3) is 0 Å². The molecule has 1 aromatic heterocycles. The highest BCUT2D eigenvalue weighted by molar-refractivity contribution is 7.71. The van der Waals surface area contributed by atoms with E-state index >= 15 is 0 Å². The van der Waals surface area contributed by atoms with Crippen LogP contribution in [0.3, 0.4) is 0 Å². The van der Waals surface area contributed by atoms with Gasteiger partial charge in [0.25, 0.3) is 0 Å². The maximum atomic E-state index is 5.12. The van der Waals surface area contributed by atoms with Crippen LogP contribution in [-0.4, -0.2) is 13.0 Å². The van der Waals surface area contributed by atoms with E-state index in [2.05, 4.69) is 30.7 Å². The van der Waals surface area contributed by atoms with E-state index in [1.54, 1.807) is 0 Å². The third kappa shape index (κ3) is 4.61. The summed E-state index contributed by atoms with van der Waals surface area (Å²) in [6, 6.07) is 4.09. The lowest BCUT2D eigenvalue weighted by atomic mass is 10.2. The summed E-state index contributed by atoms with van der Waals surface area (Å²) >= 11 is 5.12. The van der Waals surface area contributed by atoms with E-state index < -0.39 is 0 Å². The fourth-order valence-electron chi connectivity index (χ4n) is 1.04. The Morgan fingerprint density at radius 3 is 2.21 bits per heavy atom. The Labute approximate surface area is 94.7 Å². The molecule has 0 aromatic carbocycles. The van der Waals surface area contributed by atoms with Gasteiger partial charge in [-0.2, -0.15) is 0 Å². The van der Waals surface area contributed by atoms with Crippen molar-refractivity contribution in [3.8, 4) is 0 Å². The van der Waals surface area contributed by atoms with Gasteiger partial charge in [-0.25, -0.2) is 0 Å². The Morgan fingerprint density at radius 2 is 1.79 bits per heavy atom. The summed E-state index contributed by atoms with van der Waals surface area (Å²) in [6.07, 6.45) is 3.21. The average Bonchev–Trinajstić information content (AvgIpc) is 2.22. The topological polar surface area (TPSA) is 4.93 Å². The first-order chi connectivity index (χ1) is 6.27. The predicted octanol–water partition coefficient (Wildman–Crippen LogP) is 3.45. The van der Waals surface area contributed by atoms with Crippen LogP contribution >= 0.6 is 12.2 Å². The molecule has 1 nitrogen and oxygen atoms in total. The lowest BCUT2D eigenvalue weighted by Gasteiger charge is -2.04. The predicted molar refractivity (Wildman–Crippen MR) is 67.4 cm³/mol. The molecular weight excluding hydrogens is 189 g/mol. The summed E-state index contributed by atoms with van der Waals surface area (Å²) in [5.74, 6) is 0. The maximum absolute atomic E-state index is 5.12. The molecule has 0 aliphatic carbocycles. The molecule has 0 aliphatic heterocycles. The first-order valence-corrected chi connectivity index (χ1v) is 5.38. The van der Waals surface area contributed by atoms with E-state index in [0.29, 0.717) is 0 Å². The zero-order chi connectivity index (χ0) is 10.3. The highest BCUT2D eigenvalue weighted by Gasteiger charge is 1.90. The molecule has 0 saturated heterocycles. The fraction of sp³-hybridized carbons (Fsp3) is 0.545. The number of rotatable bonds is 2. The molecule has 3 radical (unpaired) electrons. The van der Waals surface area contributed by atoms with E-state index in [9.17, 15) is 0 Å². The van der Waals surface area contributed by atoms with Gasteiger partial charge < -0.3 is 4.57 Å². The van der Waals surface area contributed by atoms with Gasteiger partial charge in [0.1, 0.15) is 4.64 Å². The van der Waals surface area contributed by atoms with Crippen molar-refractivity contribution in [3.05, 3.63) is 28.5 Å². The minimum atomic E-state index is 0. The maximum Gasteiger partial charge on any atom is 0.105 e. The summed E-state index contributed by atoms with van der Waals surface area (Å²) in [6.45, 7) is 9.22. The zero-order valence-electron chi connectivity index (χ0n) is 9.58. The third-order valence-electron chi connectivity index (χ3n) is 1.79. The van der Waals surface area contributed by atoms with Gasteiger partial charge in [0.05, 0.1) is 0 Å². The van der Waals surface area contributed by atoms with Gasteiger partial charge in [-0.3, -0.25) is 0 Å². The molecule has 1 rings (SSSR count). The lowest BCUT2D eigenvalue weighted by molar-refractivity contribution is 0.736. The molecule has 0 spiro atoms. The largest absolute Gasteiger partial charge is 0.339 e. The second-order valence-electron chi connectivity index (χ2n) is 2.52. The van der Waals surface area contributed by atoms with Gasteiger partial charge in [-0.1, -0.05) is 39.1 Å². The van der Waals surface area contributed by atoms with Crippen molar-refractivity contribution < 1.29 is 0 Å². The van der Waals surface area contributed by atoms with E-state index in [4.69, 9.17) is 12.2 Å². The number of nitrogens with zero attached hydrogens (tertiary/aromatic N) is 1. The number of aryl methyl sites for hydroxylation is 2. The number of hydrogen-bond donors (Lipinski definition) is 0. The van der Waals surface area contributed by atoms with Crippen LogP contribution in [0.15, 0.2) is 18.3 Å². The highest BCUT2D eigenvalue weighted by atomic mass is 32.1. The number of aromatic nitrogens is 1. The Bertz CT molecular complexity index is 294. The van der Waals surface area contributed by atoms with Gasteiger partial charge in [0.2, 0.25) is 0 Å². The molecular formula is C11H19BNS. The van der Waals surface area contributed by atoms with Crippen molar-refractivity contribution in [1.29, 1.82) is 0 Å². The molecule has 0 N–H and O–H groups in total. The molecule has 14 heavy (non-hydrogen) atoms. The highest BCUT2D eigenvalue weighted by Crippen LogP contribution is 2.01. The van der Waals surface area contributed by atoms with Crippen molar-refractivity contribution in [2.75, 3.05) is 0 Å². The fourth-order valence-corrected chi connectivity index (χ4v) is 1.29. The van der Waals surface area contributed by atoms with Crippen LogP contribution in [0.5, 0.6) is 0 Å². The molecule has 1 heterocycles. The Balaban J connectivity index is 0. The zero-order valence-corrected chi connectivity index (χ0v) is 10.4. The molecule has 0 aliphatic rings. The number of hydrogen-bond acceptors (Lipinski definition) is 1. The van der Waals surface area contributed by atoms with Crippen molar-refractivity contribution >= 4 is 20.6 Å². The van der Waals surface area contributed by atoms with E-state index in [0.717, 1.165) is 17.6 Å². The Morgan fingerprint density at radius 1 is 1.21 bits per heavy atom. The van der Waals surface area contributed by atoms with E-state index in [-0.39, 0.29) is 8.41 Å². The monoisotopic (exact) mass is 208 g/mol. The number of pyridine rings is 1. The van der Waals surface area contributed by atoms with Crippen molar-refractivity contribution in [2.45, 2.75) is 40.7 Å². The first kappa shape index (κ1) is 15.9. The molecule has 0 atom stereocenters. The lowest BCUT2D eigenvalue weighted by Crippen LogP contribution is -1.97. The van der Waals surface area contributed by atoms with Crippen molar-refractivity contribution in [1.82, 2.24) is 4.57 Å². The quantitative estimate of drug-likeness (QED) is 0.532. The van der Waals surface area contributed by atoms with E-state index in [1.165, 1.54) is 5.56 Å². The summed E-state index contributed by atoms with van der Waals surface area (Å²) in [4.78, 5) is 0. The van der Waals surface area contributed by atoms with Gasteiger partial charge in [0.15, 0.2) is 0 Å². The van der Waals surface area contributed by atoms with Crippen molar-refractivity contribution in [3.63, 3.8) is 0 Å². The SMILES string of the molecule is CC.CCc1ccc(=S)n(CC)c1.[B]. The van der Waals surface area contributed by atoms with Gasteiger partial charge >= 0.3 is 0 Å².